The summed E-state index contributed by atoms with van der Waals surface area (Å²) in [7, 11) is 0. The summed E-state index contributed by atoms with van der Waals surface area (Å²) in [6, 6.07) is 3.82. The van der Waals surface area contributed by atoms with E-state index in [0.29, 0.717) is 0 Å². The van der Waals surface area contributed by atoms with E-state index in [9.17, 15) is 14.0 Å². The summed E-state index contributed by atoms with van der Waals surface area (Å²) in [5.74, 6) is -2.54. The van der Waals surface area contributed by atoms with Gasteiger partial charge in [-0.05, 0) is 19.1 Å². The van der Waals surface area contributed by atoms with Gasteiger partial charge in [-0.2, -0.15) is 5.26 Å². The Bertz CT molecular complexity index is 540. The zero-order chi connectivity index (χ0) is 14.4. The molecular formula is C12H12FN3O3. The van der Waals surface area contributed by atoms with Crippen LogP contribution in [0.4, 0.5) is 10.1 Å². The zero-order valence-corrected chi connectivity index (χ0v) is 10.1. The highest BCUT2D eigenvalue weighted by Gasteiger charge is 2.24. The summed E-state index contributed by atoms with van der Waals surface area (Å²) >= 11 is 0. The predicted molar refractivity (Wildman–Crippen MR) is 64.4 cm³/mol. The van der Waals surface area contributed by atoms with Crippen molar-refractivity contribution in [2.45, 2.75) is 13.0 Å². The average Bonchev–Trinajstić information content (AvgIpc) is 2.38. The summed E-state index contributed by atoms with van der Waals surface area (Å²) in [4.78, 5) is 22.9. The van der Waals surface area contributed by atoms with Crippen LogP contribution in [-0.4, -0.2) is 24.5 Å². The lowest BCUT2D eigenvalue weighted by Crippen LogP contribution is -2.43. The van der Waals surface area contributed by atoms with E-state index >= 15 is 0 Å². The maximum absolute atomic E-state index is 13.3. The molecule has 1 aromatic rings. The van der Waals surface area contributed by atoms with E-state index in [0.717, 1.165) is 6.07 Å². The van der Waals surface area contributed by atoms with Gasteiger partial charge in [0, 0.05) is 0 Å². The number of nitrogens with zero attached hydrogens (tertiary/aromatic N) is 1. The predicted octanol–water partition coefficient (Wildman–Crippen LogP) is 0.526. The van der Waals surface area contributed by atoms with Crippen molar-refractivity contribution in [1.82, 2.24) is 0 Å². The van der Waals surface area contributed by atoms with Crippen molar-refractivity contribution in [3.63, 3.8) is 0 Å². The third-order valence-electron chi connectivity index (χ3n) is 2.21. The molecule has 0 aliphatic carbocycles. The van der Waals surface area contributed by atoms with Gasteiger partial charge in [0.25, 0.3) is 5.91 Å². The summed E-state index contributed by atoms with van der Waals surface area (Å²) in [6.07, 6.45) is 0. The van der Waals surface area contributed by atoms with Gasteiger partial charge in [0.1, 0.15) is 17.4 Å². The van der Waals surface area contributed by atoms with Crippen LogP contribution in [-0.2, 0) is 14.3 Å². The van der Waals surface area contributed by atoms with Crippen LogP contribution in [0, 0.1) is 17.1 Å². The van der Waals surface area contributed by atoms with E-state index in [1.54, 1.807) is 13.0 Å². The smallest absolute Gasteiger partial charge is 0.332 e. The van der Waals surface area contributed by atoms with Gasteiger partial charge in [-0.1, -0.05) is 6.07 Å². The van der Waals surface area contributed by atoms with Crippen molar-refractivity contribution < 1.29 is 18.7 Å². The normalized spacial score (nSPS) is 11.3. The average molecular weight is 265 g/mol. The van der Waals surface area contributed by atoms with Crippen molar-refractivity contribution in [2.24, 2.45) is 5.73 Å². The lowest BCUT2D eigenvalue weighted by molar-refractivity contribution is -0.146. The number of benzene rings is 1. The van der Waals surface area contributed by atoms with Crippen LogP contribution in [0.3, 0.4) is 0 Å². The minimum absolute atomic E-state index is 0.0488. The number of nitrogens with two attached hydrogens (primary N) is 1. The topological polar surface area (TPSA) is 105 Å². The number of nitriles is 1. The Morgan fingerprint density at radius 3 is 2.84 bits per heavy atom. The molecule has 0 bridgehead atoms. The van der Waals surface area contributed by atoms with Gasteiger partial charge in [0.05, 0.1) is 12.3 Å². The number of hydrogen-bond donors (Lipinski definition) is 2. The van der Waals surface area contributed by atoms with Gasteiger partial charge in [-0.25, -0.2) is 9.18 Å². The Labute approximate surface area is 109 Å². The fourth-order valence-corrected chi connectivity index (χ4v) is 1.29. The molecule has 0 heterocycles. The van der Waals surface area contributed by atoms with Crippen LogP contribution in [0.25, 0.3) is 0 Å². The molecule has 100 valence electrons. The molecule has 0 aromatic heterocycles. The van der Waals surface area contributed by atoms with Gasteiger partial charge in [-0.15, -0.1) is 0 Å². The third kappa shape index (κ3) is 3.50. The molecule has 1 unspecified atom stereocenters. The highest BCUT2D eigenvalue weighted by Crippen LogP contribution is 2.17. The molecule has 6 nitrogen and oxygen atoms in total. The molecule has 1 atom stereocenters. The zero-order valence-electron chi connectivity index (χ0n) is 10.1. The second-order valence-corrected chi connectivity index (χ2v) is 3.49. The second kappa shape index (κ2) is 6.47. The van der Waals surface area contributed by atoms with Crippen LogP contribution in [0.5, 0.6) is 0 Å². The molecule has 0 fully saturated rings. The first-order valence-electron chi connectivity index (χ1n) is 5.43. The molecular weight excluding hydrogens is 253 g/mol. The first-order chi connectivity index (χ1) is 9.01. The SMILES string of the molecule is CCOC(=O)C(N)C(=O)Nc1cccc(F)c1C#N. The van der Waals surface area contributed by atoms with Crippen LogP contribution < -0.4 is 11.1 Å². The van der Waals surface area contributed by atoms with Crippen LogP contribution in [0.1, 0.15) is 12.5 Å². The molecule has 0 aliphatic rings. The summed E-state index contributed by atoms with van der Waals surface area (Å²) < 4.78 is 17.9. The molecule has 0 radical (unpaired) electrons. The summed E-state index contributed by atoms with van der Waals surface area (Å²) in [5, 5.41) is 11.0. The van der Waals surface area contributed by atoms with Gasteiger partial charge in [0.2, 0.25) is 0 Å². The van der Waals surface area contributed by atoms with Gasteiger partial charge in [0.15, 0.2) is 6.04 Å². The minimum atomic E-state index is -1.53. The van der Waals surface area contributed by atoms with Gasteiger partial charge >= 0.3 is 5.97 Å². The van der Waals surface area contributed by atoms with Crippen molar-refractivity contribution >= 4 is 17.6 Å². The lowest BCUT2D eigenvalue weighted by atomic mass is 10.1. The number of carbonyl (C=O) groups is 2. The Hall–Kier alpha value is -2.46. The van der Waals surface area contributed by atoms with Crippen LogP contribution >= 0.6 is 0 Å². The number of anilines is 1. The molecule has 7 heteroatoms. The molecule has 0 saturated carbocycles. The van der Waals surface area contributed by atoms with Crippen LogP contribution in [0.15, 0.2) is 18.2 Å². The Balaban J connectivity index is 2.86. The number of rotatable bonds is 4. The number of hydrogen-bond acceptors (Lipinski definition) is 5. The lowest BCUT2D eigenvalue weighted by Gasteiger charge is -2.12. The van der Waals surface area contributed by atoms with E-state index in [-0.39, 0.29) is 17.9 Å². The largest absolute Gasteiger partial charge is 0.464 e. The van der Waals surface area contributed by atoms with E-state index in [1.165, 1.54) is 12.1 Å². The number of carbonyl (C=O) groups excluding carboxylic acids is 2. The van der Waals surface area contributed by atoms with Crippen molar-refractivity contribution in [1.29, 1.82) is 5.26 Å². The molecule has 1 rings (SSSR count). The molecule has 1 aromatic carbocycles. The molecule has 0 spiro atoms. The monoisotopic (exact) mass is 265 g/mol. The summed E-state index contributed by atoms with van der Waals surface area (Å²) in [6.45, 7) is 1.66. The van der Waals surface area contributed by atoms with Gasteiger partial charge in [-0.3, -0.25) is 4.79 Å². The van der Waals surface area contributed by atoms with E-state index < -0.39 is 23.7 Å². The molecule has 3 N–H and O–H groups in total. The van der Waals surface area contributed by atoms with Crippen molar-refractivity contribution in [2.75, 3.05) is 11.9 Å². The number of halogens is 1. The fraction of sp³-hybridized carbons (Fsp3) is 0.250. The van der Waals surface area contributed by atoms with E-state index in [4.69, 9.17) is 11.0 Å². The standard InChI is InChI=1S/C12H12FN3O3/c1-2-19-12(18)10(15)11(17)16-9-5-3-4-8(13)7(9)6-14/h3-5,10H,2,15H2,1H3,(H,16,17). The molecule has 0 saturated heterocycles. The highest BCUT2D eigenvalue weighted by molar-refractivity contribution is 6.08. The fourth-order valence-electron chi connectivity index (χ4n) is 1.29. The van der Waals surface area contributed by atoms with Crippen molar-refractivity contribution in [3.05, 3.63) is 29.6 Å². The quantitative estimate of drug-likeness (QED) is 0.610. The van der Waals surface area contributed by atoms with E-state index in [1.807, 2.05) is 0 Å². The first-order valence-corrected chi connectivity index (χ1v) is 5.43. The number of nitrogens with one attached hydrogen (secondary N) is 1. The Kier molecular flexibility index (Phi) is 4.97. The third-order valence-corrected chi connectivity index (χ3v) is 2.21. The molecule has 1 amide bonds. The number of esters is 1. The maximum Gasteiger partial charge on any atom is 0.332 e. The molecule has 0 aliphatic heterocycles. The second-order valence-electron chi connectivity index (χ2n) is 3.49. The maximum atomic E-state index is 13.3. The Morgan fingerprint density at radius 2 is 2.26 bits per heavy atom. The Morgan fingerprint density at radius 1 is 1.58 bits per heavy atom. The number of amides is 1. The van der Waals surface area contributed by atoms with Crippen LogP contribution in [0.2, 0.25) is 0 Å². The highest BCUT2D eigenvalue weighted by atomic mass is 19.1. The van der Waals surface area contributed by atoms with E-state index in [2.05, 4.69) is 10.1 Å². The number of ether oxygens (including phenoxy) is 1. The summed E-state index contributed by atoms with van der Waals surface area (Å²) in [5.41, 5.74) is 4.99. The molecule has 19 heavy (non-hydrogen) atoms. The van der Waals surface area contributed by atoms with Crippen molar-refractivity contribution in [3.8, 4) is 6.07 Å². The van der Waals surface area contributed by atoms with Gasteiger partial charge < -0.3 is 15.8 Å². The first kappa shape index (κ1) is 14.6. The minimum Gasteiger partial charge on any atom is -0.464 e.